The molecule has 154 valence electrons. The number of aryl methyl sites for hydroxylation is 1. The normalized spacial score (nSPS) is 10.8. The van der Waals surface area contributed by atoms with Gasteiger partial charge in [0.15, 0.2) is 0 Å². The van der Waals surface area contributed by atoms with E-state index in [4.69, 9.17) is 9.47 Å². The van der Waals surface area contributed by atoms with Crippen LogP contribution in [-0.4, -0.2) is 30.2 Å². The third-order valence-electron chi connectivity index (χ3n) is 3.79. The average Bonchev–Trinajstić information content (AvgIpc) is 2.63. The van der Waals surface area contributed by atoms with E-state index in [2.05, 4.69) is 10.6 Å². The molecule has 0 radical (unpaired) electrons. The number of carbonyl (C=O) groups is 3. The van der Waals surface area contributed by atoms with Crippen LogP contribution in [0.4, 0.5) is 16.2 Å². The first-order valence-corrected chi connectivity index (χ1v) is 9.28. The van der Waals surface area contributed by atoms with Crippen molar-refractivity contribution < 1.29 is 23.9 Å². The zero-order valence-electron chi connectivity index (χ0n) is 17.3. The molecule has 7 nitrogen and oxygen atoms in total. The second kappa shape index (κ2) is 9.23. The van der Waals surface area contributed by atoms with Gasteiger partial charge >= 0.3 is 12.1 Å². The van der Waals surface area contributed by atoms with Gasteiger partial charge in [-0.15, -0.1) is 0 Å². The zero-order chi connectivity index (χ0) is 21.6. The van der Waals surface area contributed by atoms with Crippen molar-refractivity contribution in [3.63, 3.8) is 0 Å². The molecule has 0 aliphatic carbocycles. The van der Waals surface area contributed by atoms with Gasteiger partial charge in [0, 0.05) is 16.9 Å². The Morgan fingerprint density at radius 2 is 1.55 bits per heavy atom. The molecule has 0 saturated heterocycles. The van der Waals surface area contributed by atoms with E-state index in [1.807, 2.05) is 6.92 Å². The molecule has 0 bridgehead atoms. The van der Waals surface area contributed by atoms with Gasteiger partial charge in [0.1, 0.15) is 5.60 Å². The number of ether oxygens (including phenoxy) is 2. The van der Waals surface area contributed by atoms with Crippen LogP contribution in [0.1, 0.15) is 54.0 Å². The number of benzene rings is 2. The van der Waals surface area contributed by atoms with E-state index in [-0.39, 0.29) is 12.5 Å². The Kier molecular flexibility index (Phi) is 6.98. The van der Waals surface area contributed by atoms with E-state index in [0.29, 0.717) is 22.5 Å². The summed E-state index contributed by atoms with van der Waals surface area (Å²) in [5.41, 5.74) is 2.04. The molecular weight excluding hydrogens is 372 g/mol. The summed E-state index contributed by atoms with van der Waals surface area (Å²) in [6, 6.07) is 11.4. The Balaban J connectivity index is 2.10. The summed E-state index contributed by atoms with van der Waals surface area (Å²) in [5.74, 6) is -0.769. The Labute approximate surface area is 170 Å². The molecule has 0 aliphatic heterocycles. The number of nitrogens with one attached hydrogen (secondary N) is 2. The van der Waals surface area contributed by atoms with Gasteiger partial charge in [0.25, 0.3) is 5.91 Å². The Morgan fingerprint density at radius 1 is 0.931 bits per heavy atom. The molecule has 0 atom stereocenters. The van der Waals surface area contributed by atoms with Crippen molar-refractivity contribution in [2.75, 3.05) is 17.2 Å². The van der Waals surface area contributed by atoms with Gasteiger partial charge in [0.2, 0.25) is 0 Å². The van der Waals surface area contributed by atoms with E-state index in [1.165, 1.54) is 0 Å². The lowest BCUT2D eigenvalue weighted by atomic mass is 10.1. The number of anilines is 2. The highest BCUT2D eigenvalue weighted by Gasteiger charge is 2.17. The van der Waals surface area contributed by atoms with Crippen molar-refractivity contribution in [2.45, 2.75) is 40.2 Å². The lowest BCUT2D eigenvalue weighted by Crippen LogP contribution is -2.27. The fourth-order valence-corrected chi connectivity index (χ4v) is 2.42. The summed E-state index contributed by atoms with van der Waals surface area (Å²) < 4.78 is 10.2. The molecule has 0 aliphatic rings. The second-order valence-corrected chi connectivity index (χ2v) is 7.41. The first kappa shape index (κ1) is 21.9. The minimum Gasteiger partial charge on any atom is -0.462 e. The highest BCUT2D eigenvalue weighted by atomic mass is 16.6. The molecule has 0 fully saturated rings. The standard InChI is InChI=1S/C22H26N2O5/c1-6-28-20(26)16-10-8-15(9-11-16)19(25)24-18-13-17(12-7-14(18)2)23-21(27)29-22(3,4)5/h7-13H,6H2,1-5H3,(H,23,27)(H,24,25). The smallest absolute Gasteiger partial charge is 0.412 e. The molecule has 7 heteroatoms. The van der Waals surface area contributed by atoms with Crippen molar-refractivity contribution in [1.29, 1.82) is 0 Å². The summed E-state index contributed by atoms with van der Waals surface area (Å²) in [6.45, 7) is 9.19. The van der Waals surface area contributed by atoms with Crippen molar-refractivity contribution in [2.24, 2.45) is 0 Å². The van der Waals surface area contributed by atoms with E-state index in [9.17, 15) is 14.4 Å². The number of hydrogen-bond donors (Lipinski definition) is 2. The molecule has 0 aromatic heterocycles. The van der Waals surface area contributed by atoms with Gasteiger partial charge in [-0.05, 0) is 76.6 Å². The van der Waals surface area contributed by atoms with Crippen LogP contribution in [0.15, 0.2) is 42.5 Å². The number of rotatable bonds is 5. The number of amides is 2. The highest BCUT2D eigenvalue weighted by Crippen LogP contribution is 2.22. The van der Waals surface area contributed by atoms with E-state index in [1.54, 1.807) is 70.2 Å². The third-order valence-corrected chi connectivity index (χ3v) is 3.79. The van der Waals surface area contributed by atoms with Gasteiger partial charge in [-0.3, -0.25) is 10.1 Å². The predicted octanol–water partition coefficient (Wildman–Crippen LogP) is 4.77. The van der Waals surface area contributed by atoms with Crippen LogP contribution in [0.3, 0.4) is 0 Å². The number of esters is 1. The minimum absolute atomic E-state index is 0.286. The second-order valence-electron chi connectivity index (χ2n) is 7.41. The van der Waals surface area contributed by atoms with Crippen LogP contribution >= 0.6 is 0 Å². The molecule has 29 heavy (non-hydrogen) atoms. The molecule has 2 N–H and O–H groups in total. The first-order chi connectivity index (χ1) is 13.6. The summed E-state index contributed by atoms with van der Waals surface area (Å²) >= 11 is 0. The van der Waals surface area contributed by atoms with Gasteiger partial charge in [0.05, 0.1) is 12.2 Å². The highest BCUT2D eigenvalue weighted by molar-refractivity contribution is 6.05. The van der Waals surface area contributed by atoms with Gasteiger partial charge in [-0.25, -0.2) is 9.59 Å². The minimum atomic E-state index is -0.610. The monoisotopic (exact) mass is 398 g/mol. The quantitative estimate of drug-likeness (QED) is 0.708. The maximum Gasteiger partial charge on any atom is 0.412 e. The van der Waals surface area contributed by atoms with Gasteiger partial charge < -0.3 is 14.8 Å². The molecular formula is C22H26N2O5. The first-order valence-electron chi connectivity index (χ1n) is 9.28. The SMILES string of the molecule is CCOC(=O)c1ccc(C(=O)Nc2cc(NC(=O)OC(C)(C)C)ccc2C)cc1. The summed E-state index contributed by atoms with van der Waals surface area (Å²) in [7, 11) is 0. The fourth-order valence-electron chi connectivity index (χ4n) is 2.42. The van der Waals surface area contributed by atoms with Crippen molar-refractivity contribution in [3.8, 4) is 0 Å². The van der Waals surface area contributed by atoms with Crippen molar-refractivity contribution >= 4 is 29.3 Å². The van der Waals surface area contributed by atoms with Gasteiger partial charge in [-0.2, -0.15) is 0 Å². The van der Waals surface area contributed by atoms with E-state index < -0.39 is 17.7 Å². The molecule has 2 rings (SSSR count). The fraction of sp³-hybridized carbons (Fsp3) is 0.318. The van der Waals surface area contributed by atoms with Crippen LogP contribution in [0.25, 0.3) is 0 Å². The molecule has 2 amide bonds. The lowest BCUT2D eigenvalue weighted by molar-refractivity contribution is 0.0525. The maximum absolute atomic E-state index is 12.6. The molecule has 0 spiro atoms. The number of carbonyl (C=O) groups excluding carboxylic acids is 3. The zero-order valence-corrected chi connectivity index (χ0v) is 17.3. The van der Waals surface area contributed by atoms with Crippen LogP contribution in [0.2, 0.25) is 0 Å². The molecule has 2 aromatic carbocycles. The van der Waals surface area contributed by atoms with Gasteiger partial charge in [-0.1, -0.05) is 6.07 Å². The average molecular weight is 398 g/mol. The van der Waals surface area contributed by atoms with Crippen molar-refractivity contribution in [3.05, 3.63) is 59.2 Å². The molecule has 0 heterocycles. The Morgan fingerprint density at radius 3 is 2.14 bits per heavy atom. The molecule has 0 unspecified atom stereocenters. The van der Waals surface area contributed by atoms with Crippen LogP contribution in [0, 0.1) is 6.92 Å². The molecule has 2 aromatic rings. The summed E-state index contributed by atoms with van der Waals surface area (Å²) in [4.78, 5) is 36.2. The van der Waals surface area contributed by atoms with Crippen molar-refractivity contribution in [1.82, 2.24) is 0 Å². The van der Waals surface area contributed by atoms with Crippen LogP contribution < -0.4 is 10.6 Å². The Bertz CT molecular complexity index is 898. The van der Waals surface area contributed by atoms with E-state index in [0.717, 1.165) is 5.56 Å². The summed E-state index contributed by atoms with van der Waals surface area (Å²) in [6.07, 6.45) is -0.576. The largest absolute Gasteiger partial charge is 0.462 e. The predicted molar refractivity (Wildman–Crippen MR) is 111 cm³/mol. The van der Waals surface area contributed by atoms with E-state index >= 15 is 0 Å². The number of hydrogen-bond acceptors (Lipinski definition) is 5. The maximum atomic E-state index is 12.6. The topological polar surface area (TPSA) is 93.7 Å². The third kappa shape index (κ3) is 6.64. The lowest BCUT2D eigenvalue weighted by Gasteiger charge is -2.20. The Hall–Kier alpha value is -3.35. The van der Waals surface area contributed by atoms with Crippen LogP contribution in [0.5, 0.6) is 0 Å². The molecule has 0 saturated carbocycles. The summed E-state index contributed by atoms with van der Waals surface area (Å²) in [5, 5.41) is 5.46. The van der Waals surface area contributed by atoms with Crippen LogP contribution in [-0.2, 0) is 9.47 Å².